The molecule has 0 aliphatic rings. The zero-order chi connectivity index (χ0) is 17.3. The highest BCUT2D eigenvalue weighted by Crippen LogP contribution is 2.09. The number of halogens is 2. The number of hydrogen-bond donors (Lipinski definition) is 0. The molecule has 0 spiro atoms. The Kier molecular flexibility index (Phi) is 16.0. The van der Waals surface area contributed by atoms with E-state index in [1.54, 1.807) is 0 Å². The molecule has 0 saturated carbocycles. The van der Waals surface area contributed by atoms with Gasteiger partial charge in [0.2, 0.25) is 0 Å². The molecule has 0 unspecified atom stereocenters. The Morgan fingerprint density at radius 3 is 1.87 bits per heavy atom. The smallest absolute Gasteiger partial charge is 0.305 e. The Morgan fingerprint density at radius 2 is 1.30 bits per heavy atom. The average molecular weight is 369 g/mol. The van der Waals surface area contributed by atoms with Gasteiger partial charge in [-0.15, -0.1) is 23.2 Å². The first-order chi connectivity index (χ1) is 11.1. The molecule has 0 aliphatic heterocycles. The van der Waals surface area contributed by atoms with Crippen molar-refractivity contribution in [2.24, 2.45) is 0 Å². The van der Waals surface area contributed by atoms with Gasteiger partial charge in [-0.1, -0.05) is 51.9 Å². The van der Waals surface area contributed by atoms with Crippen LogP contribution in [0.1, 0.15) is 77.6 Å². The van der Waals surface area contributed by atoms with Crippen molar-refractivity contribution >= 4 is 35.1 Å². The van der Waals surface area contributed by atoms with Crippen LogP contribution in [0.15, 0.2) is 0 Å². The Labute approximate surface area is 150 Å². The van der Waals surface area contributed by atoms with Gasteiger partial charge in [-0.05, 0) is 12.8 Å². The first-order valence-electron chi connectivity index (χ1n) is 8.65. The topological polar surface area (TPSA) is 52.6 Å². The molecular weight excluding hydrogens is 339 g/mol. The van der Waals surface area contributed by atoms with Crippen LogP contribution in [0, 0.1) is 0 Å². The summed E-state index contributed by atoms with van der Waals surface area (Å²) in [6.45, 7) is 2.66. The average Bonchev–Trinajstić information content (AvgIpc) is 2.51. The molecule has 6 heteroatoms. The summed E-state index contributed by atoms with van der Waals surface area (Å²) in [6, 6.07) is 0. The number of alkyl halides is 2. The highest BCUT2D eigenvalue weighted by Gasteiger charge is 2.08. The second-order valence-corrected chi connectivity index (χ2v) is 6.90. The lowest BCUT2D eigenvalue weighted by molar-refractivity contribution is -0.145. The summed E-state index contributed by atoms with van der Waals surface area (Å²) in [4.78, 5) is 22.0. The van der Waals surface area contributed by atoms with E-state index in [1.165, 1.54) is 38.5 Å². The largest absolute Gasteiger partial charge is 0.466 e. The minimum Gasteiger partial charge on any atom is -0.466 e. The predicted molar refractivity (Wildman–Crippen MR) is 93.9 cm³/mol. The third-order valence-corrected chi connectivity index (χ3v) is 3.65. The van der Waals surface area contributed by atoms with Crippen LogP contribution in [-0.4, -0.2) is 30.0 Å². The third-order valence-electron chi connectivity index (χ3n) is 3.39. The summed E-state index contributed by atoms with van der Waals surface area (Å²) >= 11 is 10.9. The molecule has 0 heterocycles. The maximum absolute atomic E-state index is 11.5. The molecule has 0 saturated heterocycles. The van der Waals surface area contributed by atoms with Crippen molar-refractivity contribution in [3.8, 4) is 0 Å². The molecule has 23 heavy (non-hydrogen) atoms. The molecule has 0 aromatic carbocycles. The molecule has 0 aliphatic carbocycles. The SMILES string of the molecule is CCCCCCCCCCOC(=O)CCCC(=O)OCC(Cl)Cl. The number of hydrogen-bond acceptors (Lipinski definition) is 4. The van der Waals surface area contributed by atoms with Crippen LogP contribution in [0.4, 0.5) is 0 Å². The minimum atomic E-state index is -0.712. The van der Waals surface area contributed by atoms with E-state index in [0.29, 0.717) is 13.0 Å². The van der Waals surface area contributed by atoms with Crippen LogP contribution in [0.2, 0.25) is 0 Å². The Morgan fingerprint density at radius 1 is 0.783 bits per heavy atom. The van der Waals surface area contributed by atoms with E-state index in [9.17, 15) is 9.59 Å². The lowest BCUT2D eigenvalue weighted by atomic mass is 10.1. The third kappa shape index (κ3) is 17.7. The van der Waals surface area contributed by atoms with Gasteiger partial charge in [-0.25, -0.2) is 0 Å². The van der Waals surface area contributed by atoms with Gasteiger partial charge < -0.3 is 9.47 Å². The maximum Gasteiger partial charge on any atom is 0.305 e. The van der Waals surface area contributed by atoms with Crippen molar-refractivity contribution in [3.63, 3.8) is 0 Å². The quantitative estimate of drug-likeness (QED) is 0.227. The molecular formula is C17H30Cl2O4. The van der Waals surface area contributed by atoms with Crippen LogP contribution in [-0.2, 0) is 19.1 Å². The number of ether oxygens (including phenoxy) is 2. The first kappa shape index (κ1) is 22.5. The molecule has 0 atom stereocenters. The summed E-state index contributed by atoms with van der Waals surface area (Å²) in [5.74, 6) is -0.652. The van der Waals surface area contributed by atoms with Gasteiger partial charge in [0, 0.05) is 12.8 Å². The molecule has 136 valence electrons. The Bertz CT molecular complexity index is 309. The molecule has 0 aromatic rings. The van der Waals surface area contributed by atoms with Crippen LogP contribution < -0.4 is 0 Å². The molecule has 0 N–H and O–H groups in total. The minimum absolute atomic E-state index is 0.0230. The zero-order valence-corrected chi connectivity index (χ0v) is 15.7. The van der Waals surface area contributed by atoms with Gasteiger partial charge in [0.25, 0.3) is 0 Å². The fraction of sp³-hybridized carbons (Fsp3) is 0.882. The van der Waals surface area contributed by atoms with Crippen molar-refractivity contribution in [1.82, 2.24) is 0 Å². The summed E-state index contributed by atoms with van der Waals surface area (Å²) in [5, 5.41) is 0. The highest BCUT2D eigenvalue weighted by atomic mass is 35.5. The maximum atomic E-state index is 11.5. The fourth-order valence-corrected chi connectivity index (χ4v) is 2.23. The van der Waals surface area contributed by atoms with E-state index in [0.717, 1.165) is 12.8 Å². The fourth-order valence-electron chi connectivity index (χ4n) is 2.10. The summed E-state index contributed by atoms with van der Waals surface area (Å²) in [6.07, 6.45) is 10.5. The lowest BCUT2D eigenvalue weighted by Gasteiger charge is -2.06. The van der Waals surface area contributed by atoms with E-state index < -0.39 is 10.8 Å². The zero-order valence-electron chi connectivity index (χ0n) is 14.2. The molecule has 0 rings (SSSR count). The van der Waals surface area contributed by atoms with Crippen LogP contribution >= 0.6 is 23.2 Å². The number of unbranched alkanes of at least 4 members (excludes halogenated alkanes) is 7. The van der Waals surface area contributed by atoms with Crippen molar-refractivity contribution in [1.29, 1.82) is 0 Å². The monoisotopic (exact) mass is 368 g/mol. The van der Waals surface area contributed by atoms with Crippen molar-refractivity contribution < 1.29 is 19.1 Å². The first-order valence-corrected chi connectivity index (χ1v) is 9.53. The summed E-state index contributed by atoms with van der Waals surface area (Å²) in [5.41, 5.74) is 0. The van der Waals surface area contributed by atoms with Gasteiger partial charge >= 0.3 is 11.9 Å². The van der Waals surface area contributed by atoms with Crippen molar-refractivity contribution in [3.05, 3.63) is 0 Å². The van der Waals surface area contributed by atoms with Crippen LogP contribution in [0.25, 0.3) is 0 Å². The van der Waals surface area contributed by atoms with Gasteiger partial charge in [-0.2, -0.15) is 0 Å². The second kappa shape index (κ2) is 16.4. The molecule has 4 nitrogen and oxygen atoms in total. The molecule has 0 fully saturated rings. The summed E-state index contributed by atoms with van der Waals surface area (Å²) in [7, 11) is 0. The second-order valence-electron chi connectivity index (χ2n) is 5.62. The van der Waals surface area contributed by atoms with Crippen molar-refractivity contribution in [2.75, 3.05) is 13.2 Å². The molecule has 0 radical (unpaired) electrons. The number of esters is 2. The van der Waals surface area contributed by atoms with E-state index in [1.807, 2.05) is 0 Å². The normalized spacial score (nSPS) is 10.8. The summed E-state index contributed by atoms with van der Waals surface area (Å²) < 4.78 is 9.92. The number of rotatable bonds is 15. The van der Waals surface area contributed by atoms with Gasteiger partial charge in [-0.3, -0.25) is 9.59 Å². The van der Waals surface area contributed by atoms with Crippen molar-refractivity contribution in [2.45, 2.75) is 82.4 Å². The van der Waals surface area contributed by atoms with E-state index in [2.05, 4.69) is 6.92 Å². The molecule has 0 amide bonds. The van der Waals surface area contributed by atoms with Gasteiger partial charge in [0.1, 0.15) is 11.4 Å². The lowest BCUT2D eigenvalue weighted by Crippen LogP contribution is -2.11. The Hall–Kier alpha value is -0.480. The number of carbonyl (C=O) groups excluding carboxylic acids is 2. The van der Waals surface area contributed by atoms with Crippen LogP contribution in [0.3, 0.4) is 0 Å². The standard InChI is InChI=1S/C17H30Cl2O4/c1-2-3-4-5-6-7-8-9-13-22-16(20)11-10-12-17(21)23-14-15(18)19/h15H,2-14H2,1H3. The molecule has 0 bridgehead atoms. The van der Waals surface area contributed by atoms with Gasteiger partial charge in [0.05, 0.1) is 6.61 Å². The number of carbonyl (C=O) groups is 2. The highest BCUT2D eigenvalue weighted by molar-refractivity contribution is 6.44. The Balaban J connectivity index is 3.32. The molecule has 0 aromatic heterocycles. The predicted octanol–water partition coefficient (Wildman–Crippen LogP) is 5.19. The van der Waals surface area contributed by atoms with E-state index in [-0.39, 0.29) is 25.4 Å². The van der Waals surface area contributed by atoms with Crippen LogP contribution in [0.5, 0.6) is 0 Å². The van der Waals surface area contributed by atoms with Gasteiger partial charge in [0.15, 0.2) is 0 Å². The van der Waals surface area contributed by atoms with E-state index in [4.69, 9.17) is 32.7 Å². The van der Waals surface area contributed by atoms with E-state index >= 15 is 0 Å².